The quantitative estimate of drug-likeness (QED) is 0.401. The predicted octanol–water partition coefficient (Wildman–Crippen LogP) is 3.50. The Morgan fingerprint density at radius 2 is 1.86 bits per heavy atom. The van der Waals surface area contributed by atoms with Gasteiger partial charge >= 0.3 is 0 Å². The zero-order valence-corrected chi connectivity index (χ0v) is 16.1. The molecular weight excluding hydrogens is 372 g/mol. The van der Waals surface area contributed by atoms with Crippen LogP contribution in [0, 0.1) is 0 Å². The number of fused-ring (bicyclic) bond motifs is 1. The number of carbonyl (C=O) groups excluding carboxylic acids is 1. The highest BCUT2D eigenvalue weighted by Gasteiger charge is 2.14. The van der Waals surface area contributed by atoms with Crippen molar-refractivity contribution in [1.29, 1.82) is 0 Å². The lowest BCUT2D eigenvalue weighted by atomic mass is 10.1. The van der Waals surface area contributed by atoms with E-state index in [9.17, 15) is 4.79 Å². The minimum absolute atomic E-state index is 0.100. The lowest BCUT2D eigenvalue weighted by molar-refractivity contribution is -0.113. The Morgan fingerprint density at radius 3 is 2.61 bits per heavy atom. The van der Waals surface area contributed by atoms with E-state index in [0.29, 0.717) is 16.2 Å². The third kappa shape index (κ3) is 3.86. The Kier molecular flexibility index (Phi) is 5.29. The van der Waals surface area contributed by atoms with Crippen LogP contribution in [0.15, 0.2) is 66.0 Å². The summed E-state index contributed by atoms with van der Waals surface area (Å²) in [5.74, 6) is 0.122. The molecule has 0 atom stereocenters. The van der Waals surface area contributed by atoms with Crippen LogP contribution < -0.4 is 5.32 Å². The van der Waals surface area contributed by atoms with Gasteiger partial charge < -0.3 is 5.32 Å². The van der Waals surface area contributed by atoms with Crippen molar-refractivity contribution >= 4 is 34.5 Å². The molecule has 0 aliphatic rings. The molecule has 0 radical (unpaired) electrons. The number of nitrogens with one attached hydrogen (secondary N) is 1. The van der Waals surface area contributed by atoms with E-state index in [-0.39, 0.29) is 11.7 Å². The first-order chi connectivity index (χ1) is 13.7. The average molecular weight is 390 g/mol. The SMILES string of the molecule is CCc1ccc(NC(=O)CSc2ncnc3c2nnn3-c2ccccc2)cc1. The smallest absolute Gasteiger partial charge is 0.234 e. The van der Waals surface area contributed by atoms with Crippen molar-refractivity contribution in [2.75, 3.05) is 11.1 Å². The van der Waals surface area contributed by atoms with Gasteiger partial charge in [0.15, 0.2) is 11.2 Å². The fourth-order valence-electron chi connectivity index (χ4n) is 2.73. The molecule has 0 aliphatic heterocycles. The van der Waals surface area contributed by atoms with E-state index in [1.807, 2.05) is 54.6 Å². The van der Waals surface area contributed by atoms with Gasteiger partial charge in [0.2, 0.25) is 5.91 Å². The highest BCUT2D eigenvalue weighted by molar-refractivity contribution is 8.00. The summed E-state index contributed by atoms with van der Waals surface area (Å²) in [6.07, 6.45) is 2.44. The molecule has 140 valence electrons. The van der Waals surface area contributed by atoms with Crippen molar-refractivity contribution in [1.82, 2.24) is 25.0 Å². The number of anilines is 1. The number of nitrogens with zero attached hydrogens (tertiary/aromatic N) is 5. The lowest BCUT2D eigenvalue weighted by Gasteiger charge is -2.06. The molecule has 0 fully saturated rings. The van der Waals surface area contributed by atoms with Gasteiger partial charge in [0.05, 0.1) is 11.4 Å². The summed E-state index contributed by atoms with van der Waals surface area (Å²) in [6, 6.07) is 17.5. The summed E-state index contributed by atoms with van der Waals surface area (Å²) in [6.45, 7) is 2.10. The zero-order valence-electron chi connectivity index (χ0n) is 15.2. The molecule has 0 unspecified atom stereocenters. The Labute approximate surface area is 166 Å². The van der Waals surface area contributed by atoms with E-state index in [1.54, 1.807) is 4.68 Å². The molecule has 0 bridgehead atoms. The molecule has 0 spiro atoms. The fraction of sp³-hybridized carbons (Fsp3) is 0.150. The third-order valence-electron chi connectivity index (χ3n) is 4.19. The maximum Gasteiger partial charge on any atom is 0.234 e. The van der Waals surface area contributed by atoms with Gasteiger partial charge in [-0.15, -0.1) is 5.10 Å². The summed E-state index contributed by atoms with van der Waals surface area (Å²) in [7, 11) is 0. The molecule has 2 aromatic carbocycles. The number of aromatic nitrogens is 5. The molecule has 0 aliphatic carbocycles. The standard InChI is InChI=1S/C20H18N6OS/c1-2-14-8-10-15(11-9-14)23-17(27)12-28-20-18-19(21-13-22-20)26(25-24-18)16-6-4-3-5-7-16/h3-11,13H,2,12H2,1H3,(H,23,27). The van der Waals surface area contributed by atoms with Crippen LogP contribution in [0.25, 0.3) is 16.9 Å². The Morgan fingerprint density at radius 1 is 1.07 bits per heavy atom. The molecule has 0 saturated heterocycles. The van der Waals surface area contributed by atoms with Gasteiger partial charge in [0, 0.05) is 5.69 Å². The van der Waals surface area contributed by atoms with Gasteiger partial charge in [-0.25, -0.2) is 9.97 Å². The molecule has 1 amide bonds. The van der Waals surface area contributed by atoms with Crippen molar-refractivity contribution in [3.8, 4) is 5.69 Å². The zero-order chi connectivity index (χ0) is 19.3. The maximum absolute atomic E-state index is 12.3. The van der Waals surface area contributed by atoms with Crippen molar-refractivity contribution in [2.24, 2.45) is 0 Å². The topological polar surface area (TPSA) is 85.6 Å². The molecule has 1 N–H and O–H groups in total. The molecule has 2 heterocycles. The fourth-order valence-corrected chi connectivity index (χ4v) is 3.46. The monoisotopic (exact) mass is 390 g/mol. The van der Waals surface area contributed by atoms with Gasteiger partial charge in [-0.3, -0.25) is 4.79 Å². The van der Waals surface area contributed by atoms with Crippen molar-refractivity contribution < 1.29 is 4.79 Å². The number of hydrogen-bond acceptors (Lipinski definition) is 6. The summed E-state index contributed by atoms with van der Waals surface area (Å²) in [4.78, 5) is 20.9. The summed E-state index contributed by atoms with van der Waals surface area (Å²) < 4.78 is 1.66. The molecular formula is C20H18N6OS. The summed E-state index contributed by atoms with van der Waals surface area (Å²) in [5.41, 5.74) is 4.08. The van der Waals surface area contributed by atoms with Gasteiger partial charge in [0.25, 0.3) is 0 Å². The number of para-hydroxylation sites is 1. The first kappa shape index (κ1) is 18.1. The number of carbonyl (C=O) groups is 1. The Balaban J connectivity index is 1.47. The van der Waals surface area contributed by atoms with Crippen LogP contribution in [0.1, 0.15) is 12.5 Å². The van der Waals surface area contributed by atoms with Crippen LogP contribution >= 0.6 is 11.8 Å². The van der Waals surface area contributed by atoms with Crippen molar-refractivity contribution in [2.45, 2.75) is 18.4 Å². The van der Waals surface area contributed by atoms with Crippen LogP contribution in [-0.2, 0) is 11.2 Å². The van der Waals surface area contributed by atoms with E-state index >= 15 is 0 Å². The van der Waals surface area contributed by atoms with Gasteiger partial charge in [-0.1, -0.05) is 54.2 Å². The maximum atomic E-state index is 12.3. The Bertz CT molecular complexity index is 1090. The van der Waals surface area contributed by atoms with Crippen LogP contribution in [0.5, 0.6) is 0 Å². The third-order valence-corrected chi connectivity index (χ3v) is 5.17. The van der Waals surface area contributed by atoms with Crippen LogP contribution in [-0.4, -0.2) is 36.6 Å². The highest BCUT2D eigenvalue weighted by atomic mass is 32.2. The predicted molar refractivity (Wildman–Crippen MR) is 110 cm³/mol. The minimum atomic E-state index is -0.100. The van der Waals surface area contributed by atoms with Gasteiger partial charge in [-0.2, -0.15) is 4.68 Å². The van der Waals surface area contributed by atoms with Crippen molar-refractivity contribution in [3.05, 3.63) is 66.5 Å². The van der Waals surface area contributed by atoms with Crippen LogP contribution in [0.2, 0.25) is 0 Å². The lowest BCUT2D eigenvalue weighted by Crippen LogP contribution is -2.14. The normalized spacial score (nSPS) is 10.9. The largest absolute Gasteiger partial charge is 0.325 e. The molecule has 4 rings (SSSR count). The second-order valence-corrected chi connectivity index (χ2v) is 7.04. The van der Waals surface area contributed by atoms with Crippen LogP contribution in [0.4, 0.5) is 5.69 Å². The average Bonchev–Trinajstić information content (AvgIpc) is 3.18. The number of thioether (sulfide) groups is 1. The number of amides is 1. The molecule has 8 heteroatoms. The molecule has 4 aromatic rings. The van der Waals surface area contributed by atoms with E-state index in [4.69, 9.17) is 0 Å². The van der Waals surface area contributed by atoms with E-state index in [1.165, 1.54) is 23.7 Å². The molecule has 28 heavy (non-hydrogen) atoms. The van der Waals surface area contributed by atoms with E-state index < -0.39 is 0 Å². The van der Waals surface area contributed by atoms with Gasteiger partial charge in [0.1, 0.15) is 11.4 Å². The van der Waals surface area contributed by atoms with E-state index in [0.717, 1.165) is 17.8 Å². The van der Waals surface area contributed by atoms with E-state index in [2.05, 4.69) is 32.5 Å². The molecule has 2 aromatic heterocycles. The van der Waals surface area contributed by atoms with Gasteiger partial charge in [-0.05, 0) is 36.2 Å². The first-order valence-electron chi connectivity index (χ1n) is 8.88. The second kappa shape index (κ2) is 8.18. The number of benzene rings is 2. The first-order valence-corrected chi connectivity index (χ1v) is 9.86. The highest BCUT2D eigenvalue weighted by Crippen LogP contribution is 2.24. The number of hydrogen-bond donors (Lipinski definition) is 1. The minimum Gasteiger partial charge on any atom is -0.325 e. The number of aryl methyl sites for hydroxylation is 1. The van der Waals surface area contributed by atoms with Crippen LogP contribution in [0.3, 0.4) is 0 Å². The Hall–Kier alpha value is -3.26. The molecule has 0 saturated carbocycles. The molecule has 7 nitrogen and oxygen atoms in total. The summed E-state index contributed by atoms with van der Waals surface area (Å²) in [5, 5.41) is 11.9. The summed E-state index contributed by atoms with van der Waals surface area (Å²) >= 11 is 1.31. The van der Waals surface area contributed by atoms with Crippen molar-refractivity contribution in [3.63, 3.8) is 0 Å². The number of rotatable bonds is 6. The second-order valence-electron chi connectivity index (χ2n) is 6.08.